The van der Waals surface area contributed by atoms with E-state index in [0.717, 1.165) is 21.2 Å². The van der Waals surface area contributed by atoms with Gasteiger partial charge < -0.3 is 5.11 Å². The van der Waals surface area contributed by atoms with E-state index < -0.39 is 5.60 Å². The SMILES string of the molecule is Cc1ccccc1C(C)(O)Cc1ccccc1Br. The molecule has 0 aromatic heterocycles. The zero-order chi connectivity index (χ0) is 13.2. The van der Waals surface area contributed by atoms with Crippen molar-refractivity contribution in [3.05, 3.63) is 69.7 Å². The van der Waals surface area contributed by atoms with Crippen molar-refractivity contribution >= 4 is 15.9 Å². The van der Waals surface area contributed by atoms with Gasteiger partial charge in [0.05, 0.1) is 5.60 Å². The van der Waals surface area contributed by atoms with E-state index in [0.29, 0.717) is 6.42 Å². The number of benzene rings is 2. The lowest BCUT2D eigenvalue weighted by Crippen LogP contribution is -2.25. The van der Waals surface area contributed by atoms with E-state index in [1.165, 1.54) is 0 Å². The smallest absolute Gasteiger partial charge is 0.0911 e. The Morgan fingerprint density at radius 3 is 2.33 bits per heavy atom. The molecule has 1 N–H and O–H groups in total. The lowest BCUT2D eigenvalue weighted by Gasteiger charge is -2.26. The molecule has 0 radical (unpaired) electrons. The fraction of sp³-hybridized carbons (Fsp3) is 0.250. The molecule has 0 saturated carbocycles. The van der Waals surface area contributed by atoms with Crippen LogP contribution in [0.4, 0.5) is 0 Å². The number of rotatable bonds is 3. The molecule has 94 valence electrons. The van der Waals surface area contributed by atoms with E-state index in [1.807, 2.05) is 62.4 Å². The average Bonchev–Trinajstić information content (AvgIpc) is 2.32. The predicted molar refractivity (Wildman–Crippen MR) is 78.6 cm³/mol. The summed E-state index contributed by atoms with van der Waals surface area (Å²) >= 11 is 3.53. The van der Waals surface area contributed by atoms with Gasteiger partial charge in [-0.15, -0.1) is 0 Å². The highest BCUT2D eigenvalue weighted by molar-refractivity contribution is 9.10. The standard InChI is InChI=1S/C16H17BrO/c1-12-7-3-5-9-14(12)16(2,18)11-13-8-4-6-10-15(13)17/h3-10,18H,11H2,1-2H3. The molecule has 1 atom stereocenters. The minimum atomic E-state index is -0.852. The van der Waals surface area contributed by atoms with E-state index in [4.69, 9.17) is 0 Å². The summed E-state index contributed by atoms with van der Waals surface area (Å²) in [4.78, 5) is 0. The van der Waals surface area contributed by atoms with Crippen molar-refractivity contribution in [2.24, 2.45) is 0 Å². The van der Waals surface area contributed by atoms with Crippen molar-refractivity contribution in [2.75, 3.05) is 0 Å². The summed E-state index contributed by atoms with van der Waals surface area (Å²) in [6.07, 6.45) is 0.597. The summed E-state index contributed by atoms with van der Waals surface area (Å²) in [5.74, 6) is 0. The molecule has 1 nitrogen and oxygen atoms in total. The molecule has 0 heterocycles. The van der Waals surface area contributed by atoms with Gasteiger partial charge in [0.1, 0.15) is 0 Å². The predicted octanol–water partition coefficient (Wildman–Crippen LogP) is 4.21. The highest BCUT2D eigenvalue weighted by Gasteiger charge is 2.25. The topological polar surface area (TPSA) is 20.2 Å². The zero-order valence-corrected chi connectivity index (χ0v) is 12.2. The Morgan fingerprint density at radius 2 is 1.67 bits per heavy atom. The van der Waals surface area contributed by atoms with Crippen LogP contribution in [-0.2, 0) is 12.0 Å². The first-order valence-electron chi connectivity index (χ1n) is 6.02. The van der Waals surface area contributed by atoms with E-state index in [9.17, 15) is 5.11 Å². The van der Waals surface area contributed by atoms with Crippen molar-refractivity contribution in [2.45, 2.75) is 25.9 Å². The molecule has 0 spiro atoms. The first-order chi connectivity index (χ1) is 8.50. The fourth-order valence-electron chi connectivity index (χ4n) is 2.29. The fourth-order valence-corrected chi connectivity index (χ4v) is 2.71. The number of aliphatic hydroxyl groups is 1. The molecule has 0 aliphatic heterocycles. The normalized spacial score (nSPS) is 14.2. The first kappa shape index (κ1) is 13.3. The van der Waals surface area contributed by atoms with Gasteiger partial charge in [-0.25, -0.2) is 0 Å². The molecule has 0 bridgehead atoms. The van der Waals surface area contributed by atoms with Gasteiger partial charge in [0.2, 0.25) is 0 Å². The quantitative estimate of drug-likeness (QED) is 0.900. The zero-order valence-electron chi connectivity index (χ0n) is 10.7. The lowest BCUT2D eigenvalue weighted by molar-refractivity contribution is 0.0568. The maximum atomic E-state index is 10.7. The summed E-state index contributed by atoms with van der Waals surface area (Å²) < 4.78 is 1.04. The van der Waals surface area contributed by atoms with E-state index in [2.05, 4.69) is 15.9 Å². The Morgan fingerprint density at radius 1 is 1.06 bits per heavy atom. The second kappa shape index (κ2) is 5.25. The summed E-state index contributed by atoms with van der Waals surface area (Å²) in [6, 6.07) is 16.0. The number of aryl methyl sites for hydroxylation is 1. The Kier molecular flexibility index (Phi) is 3.88. The third kappa shape index (κ3) is 2.82. The molecule has 0 fully saturated rings. The van der Waals surface area contributed by atoms with Gasteiger partial charge in [0.25, 0.3) is 0 Å². The van der Waals surface area contributed by atoms with Gasteiger partial charge in [-0.05, 0) is 36.6 Å². The Hall–Kier alpha value is -1.12. The van der Waals surface area contributed by atoms with Crippen LogP contribution in [0.1, 0.15) is 23.6 Å². The number of hydrogen-bond acceptors (Lipinski definition) is 1. The van der Waals surface area contributed by atoms with Crippen LogP contribution in [0, 0.1) is 6.92 Å². The second-order valence-electron chi connectivity index (χ2n) is 4.86. The molecule has 2 heteroatoms. The molecule has 2 rings (SSSR count). The molecular weight excluding hydrogens is 288 g/mol. The van der Waals surface area contributed by atoms with Crippen LogP contribution in [0.3, 0.4) is 0 Å². The minimum absolute atomic E-state index is 0.597. The Labute approximate surface area is 117 Å². The van der Waals surface area contributed by atoms with Crippen LogP contribution in [0.15, 0.2) is 53.0 Å². The number of halogens is 1. The summed E-state index contributed by atoms with van der Waals surface area (Å²) in [5, 5.41) is 10.7. The molecule has 0 saturated heterocycles. The lowest BCUT2D eigenvalue weighted by atomic mass is 9.86. The molecule has 18 heavy (non-hydrogen) atoms. The third-order valence-corrected chi connectivity index (χ3v) is 3.99. The van der Waals surface area contributed by atoms with Crippen LogP contribution < -0.4 is 0 Å². The molecule has 1 unspecified atom stereocenters. The van der Waals surface area contributed by atoms with Crippen LogP contribution in [0.25, 0.3) is 0 Å². The van der Waals surface area contributed by atoms with Crippen LogP contribution in [0.5, 0.6) is 0 Å². The van der Waals surface area contributed by atoms with Crippen molar-refractivity contribution in [3.8, 4) is 0 Å². The summed E-state index contributed by atoms with van der Waals surface area (Å²) in [5.41, 5.74) is 2.37. The van der Waals surface area contributed by atoms with E-state index in [1.54, 1.807) is 0 Å². The Bertz CT molecular complexity index is 546. The number of hydrogen-bond donors (Lipinski definition) is 1. The average molecular weight is 305 g/mol. The van der Waals surface area contributed by atoms with Crippen molar-refractivity contribution in [1.82, 2.24) is 0 Å². The summed E-state index contributed by atoms with van der Waals surface area (Å²) in [6.45, 7) is 3.90. The molecule has 0 amide bonds. The van der Waals surface area contributed by atoms with Crippen molar-refractivity contribution < 1.29 is 5.11 Å². The maximum Gasteiger partial charge on any atom is 0.0911 e. The minimum Gasteiger partial charge on any atom is -0.385 e. The summed E-state index contributed by atoms with van der Waals surface area (Å²) in [7, 11) is 0. The molecule has 0 aliphatic rings. The van der Waals surface area contributed by atoms with E-state index >= 15 is 0 Å². The van der Waals surface area contributed by atoms with Crippen LogP contribution in [0.2, 0.25) is 0 Å². The highest BCUT2D eigenvalue weighted by atomic mass is 79.9. The van der Waals surface area contributed by atoms with Crippen LogP contribution >= 0.6 is 15.9 Å². The van der Waals surface area contributed by atoms with Crippen molar-refractivity contribution in [1.29, 1.82) is 0 Å². The van der Waals surface area contributed by atoms with Crippen molar-refractivity contribution in [3.63, 3.8) is 0 Å². The third-order valence-electron chi connectivity index (χ3n) is 3.22. The maximum absolute atomic E-state index is 10.7. The van der Waals surface area contributed by atoms with Gasteiger partial charge >= 0.3 is 0 Å². The largest absolute Gasteiger partial charge is 0.385 e. The molecule has 0 aliphatic carbocycles. The molecular formula is C16H17BrO. The molecule has 2 aromatic rings. The van der Waals surface area contributed by atoms with Gasteiger partial charge in [0, 0.05) is 10.9 Å². The molecule has 2 aromatic carbocycles. The second-order valence-corrected chi connectivity index (χ2v) is 5.71. The highest BCUT2D eigenvalue weighted by Crippen LogP contribution is 2.30. The van der Waals surface area contributed by atoms with Crippen LogP contribution in [-0.4, -0.2) is 5.11 Å². The first-order valence-corrected chi connectivity index (χ1v) is 6.82. The monoisotopic (exact) mass is 304 g/mol. The van der Waals surface area contributed by atoms with Gasteiger partial charge in [-0.1, -0.05) is 58.4 Å². The van der Waals surface area contributed by atoms with Gasteiger partial charge in [-0.3, -0.25) is 0 Å². The van der Waals surface area contributed by atoms with Gasteiger partial charge in [0.15, 0.2) is 0 Å². The van der Waals surface area contributed by atoms with Gasteiger partial charge in [-0.2, -0.15) is 0 Å². The Balaban J connectivity index is 2.33. The van der Waals surface area contributed by atoms with E-state index in [-0.39, 0.29) is 0 Å².